The van der Waals surface area contributed by atoms with Crippen LogP contribution in [-0.4, -0.2) is 91.1 Å². The predicted molar refractivity (Wildman–Crippen MR) is 139 cm³/mol. The zero-order chi connectivity index (χ0) is 28.4. The van der Waals surface area contributed by atoms with Gasteiger partial charge in [-0.2, -0.15) is 0 Å². The number of carbonyl (C=O) groups is 2. The van der Waals surface area contributed by atoms with Crippen molar-refractivity contribution in [2.24, 2.45) is 0 Å². The molecule has 2 aromatic carbocycles. The molecule has 12 heteroatoms. The molecule has 0 saturated heterocycles. The summed E-state index contributed by atoms with van der Waals surface area (Å²) in [6.45, 7) is -0.600. The summed E-state index contributed by atoms with van der Waals surface area (Å²) in [6, 6.07) is 7.67. The second-order valence-corrected chi connectivity index (χ2v) is 9.66. The molecule has 12 nitrogen and oxygen atoms in total. The fourth-order valence-corrected chi connectivity index (χ4v) is 5.42. The first kappa shape index (κ1) is 27.7. The van der Waals surface area contributed by atoms with Crippen molar-refractivity contribution < 1.29 is 48.6 Å². The number of hydrogen-bond donors (Lipinski definition) is 4. The molecule has 40 heavy (non-hydrogen) atoms. The van der Waals surface area contributed by atoms with E-state index in [9.17, 15) is 24.9 Å². The van der Waals surface area contributed by atoms with Gasteiger partial charge in [-0.15, -0.1) is 0 Å². The molecule has 0 radical (unpaired) electrons. The number of aliphatic hydroxyl groups is 3. The van der Waals surface area contributed by atoms with Crippen molar-refractivity contribution >= 4 is 11.8 Å². The second kappa shape index (κ2) is 11.7. The third kappa shape index (κ3) is 5.06. The summed E-state index contributed by atoms with van der Waals surface area (Å²) >= 11 is 0. The van der Waals surface area contributed by atoms with Crippen molar-refractivity contribution in [3.05, 3.63) is 58.7 Å². The average molecular weight is 557 g/mol. The van der Waals surface area contributed by atoms with Crippen LogP contribution in [0.2, 0.25) is 0 Å². The first-order valence-electron chi connectivity index (χ1n) is 12.8. The number of rotatable bonds is 10. The number of amides is 2. The smallest absolute Gasteiger partial charge is 0.249 e. The predicted octanol–water partition coefficient (Wildman–Crippen LogP) is 0.214. The fraction of sp³-hybridized carbons (Fsp3) is 0.429. The molecule has 0 fully saturated rings. The van der Waals surface area contributed by atoms with Crippen LogP contribution >= 0.6 is 0 Å². The number of hydrogen-bond acceptors (Lipinski definition) is 10. The minimum Gasteiger partial charge on any atom is -0.493 e. The van der Waals surface area contributed by atoms with Gasteiger partial charge >= 0.3 is 0 Å². The topological polar surface area (TPSA) is 156 Å². The van der Waals surface area contributed by atoms with E-state index < -0.39 is 36.0 Å². The molecule has 4 atom stereocenters. The van der Waals surface area contributed by atoms with Crippen LogP contribution in [0.4, 0.5) is 0 Å². The number of nitrogens with zero attached hydrogens (tertiary/aromatic N) is 1. The van der Waals surface area contributed by atoms with Gasteiger partial charge in [0.05, 0.1) is 32.3 Å². The summed E-state index contributed by atoms with van der Waals surface area (Å²) in [5.74, 6) is 0.225. The molecule has 0 saturated carbocycles. The highest BCUT2D eigenvalue weighted by Gasteiger charge is 2.51. The molecule has 3 aliphatic rings. The minimum absolute atomic E-state index is 0.0119. The lowest BCUT2D eigenvalue weighted by atomic mass is 9.77. The molecular weight excluding hydrogens is 524 g/mol. The molecule has 2 amide bonds. The Morgan fingerprint density at radius 2 is 1.90 bits per heavy atom. The summed E-state index contributed by atoms with van der Waals surface area (Å²) in [6.07, 6.45) is -0.628. The lowest BCUT2D eigenvalue weighted by Crippen LogP contribution is -2.56. The second-order valence-electron chi connectivity index (χ2n) is 9.66. The molecule has 2 aromatic rings. The van der Waals surface area contributed by atoms with Gasteiger partial charge in [0.15, 0.2) is 23.0 Å². The van der Waals surface area contributed by atoms with Gasteiger partial charge in [-0.25, -0.2) is 0 Å². The van der Waals surface area contributed by atoms with E-state index in [4.69, 9.17) is 23.7 Å². The maximum absolute atomic E-state index is 13.4. The summed E-state index contributed by atoms with van der Waals surface area (Å²) in [5.41, 5.74) is 2.09. The van der Waals surface area contributed by atoms with Gasteiger partial charge in [0, 0.05) is 31.3 Å². The zero-order valence-electron chi connectivity index (χ0n) is 22.2. The van der Waals surface area contributed by atoms with Crippen molar-refractivity contribution in [2.75, 3.05) is 40.8 Å². The van der Waals surface area contributed by atoms with Crippen LogP contribution in [0.25, 0.3) is 0 Å². The monoisotopic (exact) mass is 556 g/mol. The summed E-state index contributed by atoms with van der Waals surface area (Å²) in [5, 5.41) is 33.5. The van der Waals surface area contributed by atoms with E-state index in [0.717, 1.165) is 0 Å². The standard InChI is InChI=1S/C28H32N2O10/c1-36-13-23(33)30(11-15-3-4-20-21(8-15)39-14-38-20)19-10-18(28(35)29-5-6-31)24-17-7-16(12-32)9-22(37-2)26(17)40-27(24)25(19)34/h3-4,7-10,19,24-25,27,31-32,34H,5-6,11-14H2,1-2H3,(H,29,35)/t19-,24+,25+,27+/m1/s1. The molecule has 0 spiro atoms. The molecule has 0 bridgehead atoms. The van der Waals surface area contributed by atoms with Crippen LogP contribution < -0.4 is 24.3 Å². The Balaban J connectivity index is 1.57. The zero-order valence-corrected chi connectivity index (χ0v) is 22.2. The summed E-state index contributed by atoms with van der Waals surface area (Å²) in [7, 11) is 2.86. The number of aliphatic hydroxyl groups excluding tert-OH is 3. The van der Waals surface area contributed by atoms with E-state index in [0.29, 0.717) is 39.7 Å². The molecule has 0 aromatic heterocycles. The molecular formula is C28H32N2O10. The molecule has 214 valence electrons. The van der Waals surface area contributed by atoms with Gasteiger partial charge in [-0.05, 0) is 41.5 Å². The van der Waals surface area contributed by atoms with Crippen molar-refractivity contribution in [3.8, 4) is 23.0 Å². The summed E-state index contributed by atoms with van der Waals surface area (Å²) < 4.78 is 27.7. The maximum Gasteiger partial charge on any atom is 0.249 e. The highest BCUT2D eigenvalue weighted by atomic mass is 16.7. The van der Waals surface area contributed by atoms with E-state index in [2.05, 4.69) is 5.32 Å². The van der Waals surface area contributed by atoms with E-state index in [1.54, 1.807) is 36.4 Å². The molecule has 2 heterocycles. The molecule has 0 unspecified atom stereocenters. The molecule has 5 rings (SSSR count). The number of methoxy groups -OCH3 is 2. The number of ether oxygens (including phenoxy) is 5. The molecule has 1 aliphatic carbocycles. The Hall–Kier alpha value is -3.84. The van der Waals surface area contributed by atoms with Crippen LogP contribution in [0.1, 0.15) is 22.6 Å². The van der Waals surface area contributed by atoms with Gasteiger partial charge in [0.25, 0.3) is 0 Å². The van der Waals surface area contributed by atoms with Crippen LogP contribution in [0, 0.1) is 0 Å². The Kier molecular flexibility index (Phi) is 8.12. The number of fused-ring (bicyclic) bond motifs is 4. The first-order chi connectivity index (χ1) is 19.4. The minimum atomic E-state index is -1.25. The normalized spacial score (nSPS) is 22.1. The largest absolute Gasteiger partial charge is 0.493 e. The first-order valence-corrected chi connectivity index (χ1v) is 12.8. The number of nitrogens with one attached hydrogen (secondary N) is 1. The van der Waals surface area contributed by atoms with Crippen molar-refractivity contribution in [1.82, 2.24) is 10.2 Å². The van der Waals surface area contributed by atoms with Crippen LogP contribution in [0.3, 0.4) is 0 Å². The average Bonchev–Trinajstić information content (AvgIpc) is 3.59. The van der Waals surface area contributed by atoms with Crippen molar-refractivity contribution in [3.63, 3.8) is 0 Å². The SMILES string of the molecule is COCC(=O)N(Cc1ccc2c(c1)OCO2)[C@@H]1C=C(C(=O)NCCO)[C@@H]2c3cc(CO)cc(OC)c3O[C@@H]2[C@H]1O. The van der Waals surface area contributed by atoms with Crippen molar-refractivity contribution in [1.29, 1.82) is 0 Å². The maximum atomic E-state index is 13.4. The highest BCUT2D eigenvalue weighted by molar-refractivity contribution is 5.96. The third-order valence-electron chi connectivity index (χ3n) is 7.23. The molecule has 4 N–H and O–H groups in total. The lowest BCUT2D eigenvalue weighted by molar-refractivity contribution is -0.141. The third-order valence-corrected chi connectivity index (χ3v) is 7.23. The lowest BCUT2D eigenvalue weighted by Gasteiger charge is -2.40. The van der Waals surface area contributed by atoms with Crippen LogP contribution in [0.5, 0.6) is 23.0 Å². The van der Waals surface area contributed by atoms with Gasteiger partial charge in [0.1, 0.15) is 18.8 Å². The van der Waals surface area contributed by atoms with Gasteiger partial charge in [-0.1, -0.05) is 6.07 Å². The summed E-state index contributed by atoms with van der Waals surface area (Å²) in [4.78, 5) is 28.2. The molecule has 2 aliphatic heterocycles. The Morgan fingerprint density at radius 1 is 1.10 bits per heavy atom. The highest BCUT2D eigenvalue weighted by Crippen LogP contribution is 2.51. The van der Waals surface area contributed by atoms with E-state index in [1.165, 1.54) is 19.1 Å². The quantitative estimate of drug-likeness (QED) is 0.319. The number of benzene rings is 2. The number of carbonyl (C=O) groups excluding carboxylic acids is 2. The van der Waals surface area contributed by atoms with Crippen molar-refractivity contribution in [2.45, 2.75) is 37.3 Å². The van der Waals surface area contributed by atoms with Gasteiger partial charge < -0.3 is 49.2 Å². The Morgan fingerprint density at radius 3 is 2.62 bits per heavy atom. The van der Waals surface area contributed by atoms with Gasteiger partial charge in [0.2, 0.25) is 18.6 Å². The fourth-order valence-electron chi connectivity index (χ4n) is 5.42. The van der Waals surface area contributed by atoms with Gasteiger partial charge in [-0.3, -0.25) is 9.59 Å². The van der Waals surface area contributed by atoms with Crippen LogP contribution in [0.15, 0.2) is 42.0 Å². The van der Waals surface area contributed by atoms with Crippen LogP contribution in [-0.2, 0) is 27.5 Å². The Labute approximate surface area is 230 Å². The van der Waals surface area contributed by atoms with E-state index in [-0.39, 0.29) is 45.3 Å². The Bertz CT molecular complexity index is 1310. The van der Waals surface area contributed by atoms with E-state index >= 15 is 0 Å². The van der Waals surface area contributed by atoms with E-state index in [1.807, 2.05) is 0 Å².